The molecule has 78 valence electrons. The fourth-order valence-electron chi connectivity index (χ4n) is 1.74. The van der Waals surface area contributed by atoms with Crippen LogP contribution < -0.4 is 4.90 Å². The number of hydrogen-bond donors (Lipinski definition) is 0. The fourth-order valence-corrected chi connectivity index (χ4v) is 1.74. The number of carbonyl (C=O) groups is 1. The van der Waals surface area contributed by atoms with Crippen molar-refractivity contribution in [3.05, 3.63) is 42.1 Å². The summed E-state index contributed by atoms with van der Waals surface area (Å²) >= 11 is 0. The van der Waals surface area contributed by atoms with Gasteiger partial charge in [-0.2, -0.15) is 0 Å². The summed E-state index contributed by atoms with van der Waals surface area (Å²) in [6.07, 6.45) is 4.25. The highest BCUT2D eigenvalue weighted by Crippen LogP contribution is 2.27. The predicted octanol–water partition coefficient (Wildman–Crippen LogP) is 1.74. The van der Waals surface area contributed by atoms with Gasteiger partial charge in [0.15, 0.2) is 0 Å². The molecule has 1 aliphatic heterocycles. The maximum atomic E-state index is 10.9. The molecule has 1 aromatic rings. The number of fused-ring (bicyclic) bond motifs is 1. The van der Waals surface area contributed by atoms with Gasteiger partial charge in [0.25, 0.3) is 0 Å². The molecule has 0 aromatic heterocycles. The van der Waals surface area contributed by atoms with Gasteiger partial charge in [0.05, 0.1) is 7.11 Å². The Morgan fingerprint density at radius 2 is 2.27 bits per heavy atom. The first kappa shape index (κ1) is 9.77. The maximum absolute atomic E-state index is 10.9. The van der Waals surface area contributed by atoms with E-state index >= 15 is 0 Å². The number of methoxy groups -OCH3 is 1. The van der Waals surface area contributed by atoms with Gasteiger partial charge < -0.3 is 9.64 Å². The summed E-state index contributed by atoms with van der Waals surface area (Å²) in [7, 11) is 1.38. The van der Waals surface area contributed by atoms with Crippen LogP contribution in [0.5, 0.6) is 0 Å². The van der Waals surface area contributed by atoms with Crippen LogP contribution >= 0.6 is 0 Å². The predicted molar refractivity (Wildman–Crippen MR) is 58.6 cm³/mol. The smallest absolute Gasteiger partial charge is 0.331 e. The van der Waals surface area contributed by atoms with Crippen molar-refractivity contribution in [2.75, 3.05) is 18.6 Å². The molecule has 1 heterocycles. The van der Waals surface area contributed by atoms with E-state index < -0.39 is 0 Å². The average molecular weight is 203 g/mol. The zero-order valence-corrected chi connectivity index (χ0v) is 8.64. The molecule has 1 aliphatic rings. The van der Waals surface area contributed by atoms with Gasteiger partial charge in [-0.3, -0.25) is 0 Å². The summed E-state index contributed by atoms with van der Waals surface area (Å²) in [4.78, 5) is 13.0. The Morgan fingerprint density at radius 3 is 3.07 bits per heavy atom. The molecule has 0 bridgehead atoms. The number of nitrogens with zero attached hydrogens (tertiary/aromatic N) is 1. The molecule has 0 amide bonds. The number of ether oxygens (including phenoxy) is 1. The molecule has 15 heavy (non-hydrogen) atoms. The number of para-hydroxylation sites is 1. The molecule has 0 radical (unpaired) electrons. The minimum Gasteiger partial charge on any atom is -0.466 e. The van der Waals surface area contributed by atoms with Crippen molar-refractivity contribution in [1.82, 2.24) is 0 Å². The minimum atomic E-state index is -0.320. The quantitative estimate of drug-likeness (QED) is 0.541. The lowest BCUT2D eigenvalue weighted by Crippen LogP contribution is -2.12. The van der Waals surface area contributed by atoms with Crippen LogP contribution in [0.15, 0.2) is 36.5 Å². The van der Waals surface area contributed by atoms with Crippen molar-refractivity contribution >= 4 is 11.7 Å². The van der Waals surface area contributed by atoms with Gasteiger partial charge in [-0.1, -0.05) is 18.2 Å². The van der Waals surface area contributed by atoms with Gasteiger partial charge in [0, 0.05) is 24.5 Å². The van der Waals surface area contributed by atoms with E-state index in [0.717, 1.165) is 13.0 Å². The van der Waals surface area contributed by atoms with Gasteiger partial charge in [-0.15, -0.1) is 0 Å². The van der Waals surface area contributed by atoms with Crippen LogP contribution in [-0.4, -0.2) is 19.6 Å². The van der Waals surface area contributed by atoms with Crippen LogP contribution in [0.2, 0.25) is 0 Å². The molecule has 0 spiro atoms. The second-order valence-corrected chi connectivity index (χ2v) is 3.41. The van der Waals surface area contributed by atoms with Crippen LogP contribution in [0, 0.1) is 0 Å². The highest BCUT2D eigenvalue weighted by Gasteiger charge is 2.15. The largest absolute Gasteiger partial charge is 0.466 e. The van der Waals surface area contributed by atoms with E-state index in [1.807, 2.05) is 12.1 Å². The first-order chi connectivity index (χ1) is 7.31. The van der Waals surface area contributed by atoms with E-state index in [-0.39, 0.29) is 5.97 Å². The fraction of sp³-hybridized carbons (Fsp3) is 0.250. The number of carbonyl (C=O) groups excluding carboxylic acids is 1. The zero-order chi connectivity index (χ0) is 10.7. The standard InChI is InChI=1S/C12H13NO2/c1-15-12(14)7-9-13-8-6-10-4-2-3-5-11(10)13/h2-5,7,9H,6,8H2,1H3/b9-7-. The highest BCUT2D eigenvalue weighted by molar-refractivity contribution is 5.82. The van der Waals surface area contributed by atoms with Gasteiger partial charge in [0.1, 0.15) is 0 Å². The molecule has 0 aliphatic carbocycles. The van der Waals surface area contributed by atoms with E-state index in [1.165, 1.54) is 24.4 Å². The summed E-state index contributed by atoms with van der Waals surface area (Å²) in [5.74, 6) is -0.320. The second-order valence-electron chi connectivity index (χ2n) is 3.41. The van der Waals surface area contributed by atoms with E-state index in [0.29, 0.717) is 0 Å². The van der Waals surface area contributed by atoms with Crippen molar-refractivity contribution in [3.63, 3.8) is 0 Å². The molecule has 0 N–H and O–H groups in total. The molecular formula is C12H13NO2. The Morgan fingerprint density at radius 1 is 1.47 bits per heavy atom. The van der Waals surface area contributed by atoms with Gasteiger partial charge in [-0.25, -0.2) is 4.79 Å². The van der Waals surface area contributed by atoms with E-state index in [9.17, 15) is 4.79 Å². The number of hydrogen-bond acceptors (Lipinski definition) is 3. The lowest BCUT2D eigenvalue weighted by molar-refractivity contribution is -0.134. The Bertz CT molecular complexity index is 398. The SMILES string of the molecule is COC(=O)/C=C\N1CCc2ccccc21. The van der Waals surface area contributed by atoms with Crippen LogP contribution in [-0.2, 0) is 16.0 Å². The highest BCUT2D eigenvalue weighted by atomic mass is 16.5. The molecule has 0 saturated carbocycles. The van der Waals surface area contributed by atoms with Gasteiger partial charge >= 0.3 is 5.97 Å². The third-order valence-corrected chi connectivity index (χ3v) is 2.51. The van der Waals surface area contributed by atoms with E-state index in [2.05, 4.69) is 21.8 Å². The first-order valence-electron chi connectivity index (χ1n) is 4.92. The summed E-state index contributed by atoms with van der Waals surface area (Å²) in [5, 5.41) is 0. The molecule has 2 rings (SSSR count). The Labute approximate surface area is 89.0 Å². The third-order valence-electron chi connectivity index (χ3n) is 2.51. The van der Waals surface area contributed by atoms with Crippen molar-refractivity contribution in [2.24, 2.45) is 0 Å². The molecule has 3 nitrogen and oxygen atoms in total. The molecule has 0 saturated heterocycles. The molecule has 3 heteroatoms. The minimum absolute atomic E-state index is 0.320. The Balaban J connectivity index is 2.14. The van der Waals surface area contributed by atoms with Gasteiger partial charge in [-0.05, 0) is 18.1 Å². The topological polar surface area (TPSA) is 29.5 Å². The summed E-state index contributed by atoms with van der Waals surface area (Å²) in [6, 6.07) is 8.21. The molecule has 0 fully saturated rings. The first-order valence-corrected chi connectivity index (χ1v) is 4.92. The monoisotopic (exact) mass is 203 g/mol. The Hall–Kier alpha value is -1.77. The van der Waals surface area contributed by atoms with E-state index in [1.54, 1.807) is 6.20 Å². The van der Waals surface area contributed by atoms with Crippen molar-refractivity contribution in [1.29, 1.82) is 0 Å². The second kappa shape index (κ2) is 4.17. The van der Waals surface area contributed by atoms with Gasteiger partial charge in [0.2, 0.25) is 0 Å². The summed E-state index contributed by atoms with van der Waals surface area (Å²) in [6.45, 7) is 0.923. The molecule has 1 aromatic carbocycles. The van der Waals surface area contributed by atoms with E-state index in [4.69, 9.17) is 0 Å². The summed E-state index contributed by atoms with van der Waals surface area (Å²) < 4.78 is 4.55. The van der Waals surface area contributed by atoms with Crippen molar-refractivity contribution in [3.8, 4) is 0 Å². The van der Waals surface area contributed by atoms with Crippen LogP contribution in [0.1, 0.15) is 5.56 Å². The number of benzene rings is 1. The van der Waals surface area contributed by atoms with Crippen LogP contribution in [0.4, 0.5) is 5.69 Å². The average Bonchev–Trinajstić information content (AvgIpc) is 2.69. The molecule has 0 atom stereocenters. The van der Waals surface area contributed by atoms with Crippen molar-refractivity contribution < 1.29 is 9.53 Å². The number of rotatable bonds is 2. The Kier molecular flexibility index (Phi) is 2.72. The lowest BCUT2D eigenvalue weighted by Gasteiger charge is -2.12. The number of esters is 1. The zero-order valence-electron chi connectivity index (χ0n) is 8.64. The van der Waals surface area contributed by atoms with Crippen LogP contribution in [0.3, 0.4) is 0 Å². The number of anilines is 1. The normalized spacial score (nSPS) is 14.3. The summed E-state index contributed by atoms with van der Waals surface area (Å²) in [5.41, 5.74) is 2.50. The molecule has 0 unspecified atom stereocenters. The third kappa shape index (κ3) is 2.01. The van der Waals surface area contributed by atoms with Crippen LogP contribution in [0.25, 0.3) is 0 Å². The van der Waals surface area contributed by atoms with Crippen molar-refractivity contribution in [2.45, 2.75) is 6.42 Å². The molecular weight excluding hydrogens is 190 g/mol. The lowest BCUT2D eigenvalue weighted by atomic mass is 10.2. The maximum Gasteiger partial charge on any atom is 0.331 e.